The Hall–Kier alpha value is -6.66. The summed E-state index contributed by atoms with van der Waals surface area (Å²) >= 11 is 0. The Morgan fingerprint density at radius 2 is 1.50 bits per heavy atom. The van der Waals surface area contributed by atoms with Crippen LogP contribution in [0.25, 0.3) is 0 Å². The number of likely N-dealkylation sites (tertiary alicyclic amines) is 1. The molecule has 5 atom stereocenters. The van der Waals surface area contributed by atoms with Crippen molar-refractivity contribution >= 4 is 59.1 Å². The van der Waals surface area contributed by atoms with Gasteiger partial charge in [0.25, 0.3) is 0 Å². The van der Waals surface area contributed by atoms with Gasteiger partial charge < -0.3 is 46.6 Å². The lowest BCUT2D eigenvalue weighted by atomic mass is 9.88. The van der Waals surface area contributed by atoms with E-state index in [1.807, 2.05) is 83.8 Å². The highest BCUT2D eigenvalue weighted by molar-refractivity contribution is 6.02. The fourth-order valence-electron chi connectivity index (χ4n) is 10.2. The number of fused-ring (bicyclic) bond motifs is 1. The van der Waals surface area contributed by atoms with E-state index in [0.29, 0.717) is 50.1 Å². The predicted octanol–water partition coefficient (Wildman–Crippen LogP) is 1.67. The largest absolute Gasteiger partial charge is 0.370 e. The van der Waals surface area contributed by atoms with Crippen LogP contribution >= 0.6 is 0 Å². The van der Waals surface area contributed by atoms with Crippen LogP contribution in [-0.2, 0) is 38.4 Å². The molecule has 0 aliphatic carbocycles. The number of piperidine rings is 2. The molecule has 18 heteroatoms. The number of hydrogen-bond donors (Lipinski definition) is 5. The summed E-state index contributed by atoms with van der Waals surface area (Å²) in [5.74, 6) is -2.59. The molecule has 8 amide bonds. The van der Waals surface area contributed by atoms with Crippen LogP contribution in [0.3, 0.4) is 0 Å². The third-order valence-corrected chi connectivity index (χ3v) is 14.0. The average Bonchev–Trinajstić information content (AvgIpc) is 3.77. The highest BCUT2D eigenvalue weighted by Gasteiger charge is 2.45. The van der Waals surface area contributed by atoms with Crippen molar-refractivity contribution < 1.29 is 38.4 Å². The monoisotopic (exact) mass is 932 g/mol. The number of carbonyl (C=O) groups is 8. The maximum absolute atomic E-state index is 14.1. The van der Waals surface area contributed by atoms with Crippen LogP contribution < -0.4 is 37.2 Å². The van der Waals surface area contributed by atoms with Gasteiger partial charge in [-0.1, -0.05) is 66.7 Å². The molecular weight excluding hydrogens is 869 g/mol. The Bertz CT molecular complexity index is 2290. The molecule has 0 bridgehead atoms. The van der Waals surface area contributed by atoms with E-state index in [4.69, 9.17) is 11.5 Å². The number of anilines is 2. The zero-order chi connectivity index (χ0) is 48.5. The average molecular weight is 933 g/mol. The number of nitrogens with two attached hydrogens (primary N) is 2. The molecule has 0 spiro atoms. The Kier molecular flexibility index (Phi) is 16.2. The topological polar surface area (TPSA) is 241 Å². The second-order valence-corrected chi connectivity index (χ2v) is 18.5. The molecule has 4 heterocycles. The SMILES string of the molecule is CN(C=O)c1cc(C2CCN(CCC(=O)N3CC[C@H]4CC[C@@H](C(=O)N[C@@H](CCC(N)=O)C(=O)NC(c5ccccc5)c5ccccc5)N4C(=O)[C@@H](N)C3)CC2)ccc1N(C)C1CCC(=O)NC1=O. The maximum Gasteiger partial charge on any atom is 0.249 e. The maximum atomic E-state index is 14.1. The second kappa shape index (κ2) is 22.4. The number of likely N-dealkylation sites (N-methyl/N-ethyl adjacent to an activating group) is 1. The molecule has 4 saturated heterocycles. The molecule has 4 aliphatic rings. The van der Waals surface area contributed by atoms with Crippen molar-refractivity contribution in [2.45, 2.75) is 106 Å². The lowest BCUT2D eigenvalue weighted by molar-refractivity contribution is -0.145. The number of imide groups is 1. The van der Waals surface area contributed by atoms with Crippen molar-refractivity contribution in [2.75, 3.05) is 56.6 Å². The number of amides is 8. The Labute approximate surface area is 397 Å². The first-order valence-electron chi connectivity index (χ1n) is 23.7. The summed E-state index contributed by atoms with van der Waals surface area (Å²) in [6.07, 6.45) is 4.45. The van der Waals surface area contributed by atoms with E-state index >= 15 is 0 Å². The zero-order valence-electron chi connectivity index (χ0n) is 38.9. The molecule has 68 heavy (non-hydrogen) atoms. The molecule has 0 saturated carbocycles. The molecular formula is C50H64N10O8. The van der Waals surface area contributed by atoms with E-state index < -0.39 is 53.8 Å². The molecule has 0 aromatic heterocycles. The summed E-state index contributed by atoms with van der Waals surface area (Å²) in [7, 11) is 3.47. The summed E-state index contributed by atoms with van der Waals surface area (Å²) in [6.45, 7) is 2.44. The van der Waals surface area contributed by atoms with Crippen molar-refractivity contribution in [3.63, 3.8) is 0 Å². The minimum atomic E-state index is -1.11. The summed E-state index contributed by atoms with van der Waals surface area (Å²) in [5.41, 5.74) is 16.1. The highest BCUT2D eigenvalue weighted by atomic mass is 16.2. The molecule has 7 N–H and O–H groups in total. The molecule has 7 rings (SSSR count). The van der Waals surface area contributed by atoms with Gasteiger partial charge in [-0.2, -0.15) is 0 Å². The van der Waals surface area contributed by atoms with Crippen LogP contribution in [0.2, 0.25) is 0 Å². The third-order valence-electron chi connectivity index (χ3n) is 14.0. The van der Waals surface area contributed by atoms with Gasteiger partial charge in [-0.25, -0.2) is 0 Å². The van der Waals surface area contributed by atoms with Crippen molar-refractivity contribution in [3.05, 3.63) is 95.6 Å². The minimum absolute atomic E-state index is 0.00754. The third kappa shape index (κ3) is 11.7. The smallest absolute Gasteiger partial charge is 0.249 e. The van der Waals surface area contributed by atoms with E-state index in [2.05, 4.69) is 20.9 Å². The molecule has 0 radical (unpaired) electrons. The van der Waals surface area contributed by atoms with Gasteiger partial charge in [0, 0.05) is 59.0 Å². The van der Waals surface area contributed by atoms with Gasteiger partial charge >= 0.3 is 0 Å². The Morgan fingerprint density at radius 1 is 0.824 bits per heavy atom. The standard InChI is InChI=1S/C50H64N10O8/c1-56(31-61)42-29-35(13-16-39(42)57(2)40-18-20-44(63)54-48(40)66)32-21-25-58(26-22-32)27-24-45(64)59-28-23-36-14-17-41(60(36)50(68)37(51)30-59)49(67)53-38(15-19-43(52)62)47(65)55-46(33-9-5-3-6-10-33)34-11-7-4-8-12-34/h3-13,16,29,31-32,36-38,40-41,46H,14-15,17-28,30,51H2,1-2H3,(H2,52,62)(H,53,67)(H,55,65)(H,54,63,66)/t36-,37+,38+,40?,41+/m1/s1. The van der Waals surface area contributed by atoms with E-state index in [1.165, 1.54) is 9.80 Å². The first-order chi connectivity index (χ1) is 32.7. The lowest BCUT2D eigenvalue weighted by Crippen LogP contribution is -2.60. The summed E-state index contributed by atoms with van der Waals surface area (Å²) < 4.78 is 0. The van der Waals surface area contributed by atoms with E-state index in [-0.39, 0.29) is 61.9 Å². The Morgan fingerprint density at radius 3 is 2.13 bits per heavy atom. The minimum Gasteiger partial charge on any atom is -0.370 e. The van der Waals surface area contributed by atoms with Crippen molar-refractivity contribution in [1.29, 1.82) is 0 Å². The summed E-state index contributed by atoms with van der Waals surface area (Å²) in [4.78, 5) is 113. The van der Waals surface area contributed by atoms with Crippen LogP contribution in [-0.4, -0.2) is 139 Å². The van der Waals surface area contributed by atoms with Crippen LogP contribution in [0, 0.1) is 0 Å². The number of carbonyl (C=O) groups excluding carboxylic acids is 8. The number of primary amides is 1. The summed E-state index contributed by atoms with van der Waals surface area (Å²) in [6, 6.07) is 20.3. The van der Waals surface area contributed by atoms with Gasteiger partial charge in [-0.3, -0.25) is 43.7 Å². The van der Waals surface area contributed by atoms with Gasteiger partial charge in [0.05, 0.1) is 17.4 Å². The lowest BCUT2D eigenvalue weighted by Gasteiger charge is -2.38. The normalized spacial score (nSPS) is 21.8. The van der Waals surface area contributed by atoms with Crippen LogP contribution in [0.1, 0.15) is 92.9 Å². The number of nitrogens with zero attached hydrogens (tertiary/aromatic N) is 5. The fourth-order valence-corrected chi connectivity index (χ4v) is 10.2. The molecule has 3 aromatic carbocycles. The van der Waals surface area contributed by atoms with E-state index in [1.54, 1.807) is 19.0 Å². The van der Waals surface area contributed by atoms with E-state index in [9.17, 15) is 38.4 Å². The molecule has 4 fully saturated rings. The zero-order valence-corrected chi connectivity index (χ0v) is 38.9. The van der Waals surface area contributed by atoms with Crippen molar-refractivity contribution in [3.8, 4) is 0 Å². The van der Waals surface area contributed by atoms with Gasteiger partial charge in [-0.15, -0.1) is 0 Å². The molecule has 3 aromatic rings. The van der Waals surface area contributed by atoms with Gasteiger partial charge in [0.15, 0.2) is 0 Å². The molecule has 4 aliphatic heterocycles. The van der Waals surface area contributed by atoms with Gasteiger partial charge in [0.1, 0.15) is 24.2 Å². The first-order valence-corrected chi connectivity index (χ1v) is 23.7. The predicted molar refractivity (Wildman–Crippen MR) is 255 cm³/mol. The van der Waals surface area contributed by atoms with E-state index in [0.717, 1.165) is 49.0 Å². The first kappa shape index (κ1) is 49.3. The highest BCUT2D eigenvalue weighted by Crippen LogP contribution is 2.37. The molecule has 362 valence electrons. The van der Waals surface area contributed by atoms with Gasteiger partial charge in [-0.05, 0) is 92.8 Å². The van der Waals surface area contributed by atoms with Crippen LogP contribution in [0.5, 0.6) is 0 Å². The number of nitrogens with one attached hydrogen (secondary N) is 3. The second-order valence-electron chi connectivity index (χ2n) is 18.5. The van der Waals surface area contributed by atoms with Gasteiger partial charge in [0.2, 0.25) is 47.8 Å². The number of benzene rings is 3. The quantitative estimate of drug-likeness (QED) is 0.0964. The van der Waals surface area contributed by atoms with Crippen LogP contribution in [0.15, 0.2) is 78.9 Å². The van der Waals surface area contributed by atoms with Crippen molar-refractivity contribution in [1.82, 2.24) is 30.7 Å². The number of rotatable bonds is 17. The fraction of sp³-hybridized carbons (Fsp3) is 0.480. The van der Waals surface area contributed by atoms with Crippen LogP contribution in [0.4, 0.5) is 11.4 Å². The Balaban J connectivity index is 0.922. The molecule has 18 nitrogen and oxygen atoms in total. The van der Waals surface area contributed by atoms with Crippen molar-refractivity contribution in [2.24, 2.45) is 11.5 Å². The summed E-state index contributed by atoms with van der Waals surface area (Å²) in [5, 5.41) is 8.31. The molecule has 1 unspecified atom stereocenters. The number of hydrogen-bond acceptors (Lipinski definition) is 11.